The Labute approximate surface area is 113 Å². The van der Waals surface area contributed by atoms with Gasteiger partial charge in [-0.05, 0) is 19.9 Å². The molecule has 0 aliphatic carbocycles. The van der Waals surface area contributed by atoms with Crippen LogP contribution in [0.4, 0.5) is 0 Å². The zero-order valence-corrected chi connectivity index (χ0v) is 12.8. The van der Waals surface area contributed by atoms with Crippen molar-refractivity contribution in [3.8, 4) is 0 Å². The minimum atomic E-state index is -3.06. The Morgan fingerprint density at radius 2 is 2.22 bits per heavy atom. The van der Waals surface area contributed by atoms with Crippen molar-refractivity contribution < 1.29 is 8.42 Å². The van der Waals surface area contributed by atoms with Crippen LogP contribution in [0.3, 0.4) is 0 Å². The maximum Gasteiger partial charge on any atom is 0.211 e. The van der Waals surface area contributed by atoms with Crippen LogP contribution in [-0.4, -0.2) is 43.6 Å². The SMILES string of the molecule is CCN(CCCNCc1nc(C)cs1)S(C)(=O)=O. The first-order valence-electron chi connectivity index (χ1n) is 6.00. The Morgan fingerprint density at radius 3 is 2.72 bits per heavy atom. The predicted octanol–water partition coefficient (Wildman–Crippen LogP) is 1.21. The van der Waals surface area contributed by atoms with Gasteiger partial charge in [-0.25, -0.2) is 17.7 Å². The van der Waals surface area contributed by atoms with Crippen LogP contribution in [0.2, 0.25) is 0 Å². The van der Waals surface area contributed by atoms with E-state index in [1.807, 2.05) is 19.2 Å². The van der Waals surface area contributed by atoms with Crippen molar-refractivity contribution in [3.63, 3.8) is 0 Å². The van der Waals surface area contributed by atoms with E-state index >= 15 is 0 Å². The lowest BCUT2D eigenvalue weighted by atomic mass is 10.4. The van der Waals surface area contributed by atoms with Gasteiger partial charge in [0.15, 0.2) is 0 Å². The van der Waals surface area contributed by atoms with Gasteiger partial charge in [0.2, 0.25) is 10.0 Å². The standard InChI is InChI=1S/C11H21N3O2S2/c1-4-14(18(3,15)16)7-5-6-12-8-11-13-10(2)9-17-11/h9,12H,4-8H2,1-3H3. The minimum Gasteiger partial charge on any atom is -0.310 e. The average molecular weight is 291 g/mol. The second-order valence-corrected chi connectivity index (χ2v) is 7.09. The van der Waals surface area contributed by atoms with E-state index in [1.54, 1.807) is 11.3 Å². The summed E-state index contributed by atoms with van der Waals surface area (Å²) in [6.07, 6.45) is 2.06. The summed E-state index contributed by atoms with van der Waals surface area (Å²) in [7, 11) is -3.06. The molecule has 1 rings (SSSR count). The third-order valence-corrected chi connectivity index (χ3v) is 4.87. The average Bonchev–Trinajstić information content (AvgIpc) is 2.67. The fraction of sp³-hybridized carbons (Fsp3) is 0.727. The molecule has 0 bridgehead atoms. The smallest absolute Gasteiger partial charge is 0.211 e. The number of hydrogen-bond donors (Lipinski definition) is 1. The molecule has 0 aliphatic rings. The third kappa shape index (κ3) is 5.43. The Balaban J connectivity index is 2.19. The lowest BCUT2D eigenvalue weighted by Crippen LogP contribution is -2.32. The first-order valence-corrected chi connectivity index (χ1v) is 8.73. The molecule has 1 aromatic rings. The summed E-state index contributed by atoms with van der Waals surface area (Å²) in [5.74, 6) is 0. The van der Waals surface area contributed by atoms with Gasteiger partial charge in [-0.15, -0.1) is 11.3 Å². The molecule has 0 aromatic carbocycles. The van der Waals surface area contributed by atoms with Crippen molar-refractivity contribution in [1.29, 1.82) is 0 Å². The van der Waals surface area contributed by atoms with E-state index in [2.05, 4.69) is 10.3 Å². The molecule has 1 heterocycles. The normalized spacial score (nSPS) is 12.2. The molecule has 7 heteroatoms. The molecule has 104 valence electrons. The van der Waals surface area contributed by atoms with Gasteiger partial charge in [0.05, 0.1) is 6.26 Å². The summed E-state index contributed by atoms with van der Waals surface area (Å²) < 4.78 is 24.2. The van der Waals surface area contributed by atoms with Crippen LogP contribution in [0.1, 0.15) is 24.0 Å². The molecule has 0 fully saturated rings. The molecule has 0 atom stereocenters. The van der Waals surface area contributed by atoms with Crippen molar-refractivity contribution in [3.05, 3.63) is 16.1 Å². The predicted molar refractivity (Wildman–Crippen MR) is 75.3 cm³/mol. The molecule has 0 radical (unpaired) electrons. The van der Waals surface area contributed by atoms with Gasteiger partial charge in [0, 0.05) is 30.7 Å². The summed E-state index contributed by atoms with van der Waals surface area (Å²) in [6, 6.07) is 0. The van der Waals surface area contributed by atoms with Gasteiger partial charge >= 0.3 is 0 Å². The van der Waals surface area contributed by atoms with E-state index in [9.17, 15) is 8.42 Å². The lowest BCUT2D eigenvalue weighted by molar-refractivity contribution is 0.419. The van der Waals surface area contributed by atoms with Gasteiger partial charge in [-0.1, -0.05) is 6.92 Å². The summed E-state index contributed by atoms with van der Waals surface area (Å²) >= 11 is 1.64. The van der Waals surface area contributed by atoms with Crippen LogP contribution in [0.5, 0.6) is 0 Å². The molecule has 0 spiro atoms. The Bertz CT molecular complexity index is 457. The Morgan fingerprint density at radius 1 is 1.50 bits per heavy atom. The maximum absolute atomic E-state index is 11.3. The number of thiazole rings is 1. The highest BCUT2D eigenvalue weighted by Crippen LogP contribution is 2.07. The Kier molecular flexibility index (Phi) is 6.20. The first-order chi connectivity index (χ1) is 8.43. The highest BCUT2D eigenvalue weighted by Gasteiger charge is 2.12. The Hall–Kier alpha value is -0.500. The molecule has 0 saturated heterocycles. The molecule has 1 N–H and O–H groups in total. The van der Waals surface area contributed by atoms with Crippen molar-refractivity contribution >= 4 is 21.4 Å². The largest absolute Gasteiger partial charge is 0.310 e. The van der Waals surface area contributed by atoms with Crippen LogP contribution in [0.25, 0.3) is 0 Å². The van der Waals surface area contributed by atoms with E-state index in [0.717, 1.165) is 30.2 Å². The van der Waals surface area contributed by atoms with E-state index in [4.69, 9.17) is 0 Å². The highest BCUT2D eigenvalue weighted by molar-refractivity contribution is 7.88. The second kappa shape index (κ2) is 7.18. The molecule has 1 aromatic heterocycles. The van der Waals surface area contributed by atoms with Crippen molar-refractivity contribution in [2.45, 2.75) is 26.8 Å². The van der Waals surface area contributed by atoms with Crippen molar-refractivity contribution in [2.24, 2.45) is 0 Å². The van der Waals surface area contributed by atoms with Crippen molar-refractivity contribution in [1.82, 2.24) is 14.6 Å². The van der Waals surface area contributed by atoms with Gasteiger partial charge in [0.25, 0.3) is 0 Å². The number of sulfonamides is 1. The maximum atomic E-state index is 11.3. The fourth-order valence-corrected chi connectivity index (χ4v) is 3.29. The lowest BCUT2D eigenvalue weighted by Gasteiger charge is -2.17. The van der Waals surface area contributed by atoms with E-state index < -0.39 is 10.0 Å². The van der Waals surface area contributed by atoms with Crippen LogP contribution in [0.15, 0.2) is 5.38 Å². The van der Waals surface area contributed by atoms with Crippen LogP contribution < -0.4 is 5.32 Å². The van der Waals surface area contributed by atoms with Gasteiger partial charge in [0.1, 0.15) is 5.01 Å². The highest BCUT2D eigenvalue weighted by atomic mass is 32.2. The van der Waals surface area contributed by atoms with Gasteiger partial charge in [-0.3, -0.25) is 0 Å². The number of hydrogen-bond acceptors (Lipinski definition) is 5. The zero-order chi connectivity index (χ0) is 13.6. The monoisotopic (exact) mass is 291 g/mol. The molecule has 0 aliphatic heterocycles. The van der Waals surface area contributed by atoms with Crippen LogP contribution in [0, 0.1) is 6.92 Å². The second-order valence-electron chi connectivity index (χ2n) is 4.17. The van der Waals surface area contributed by atoms with Gasteiger partial charge < -0.3 is 5.32 Å². The van der Waals surface area contributed by atoms with Crippen LogP contribution >= 0.6 is 11.3 Å². The van der Waals surface area contributed by atoms with E-state index in [1.165, 1.54) is 10.6 Å². The summed E-state index contributed by atoms with van der Waals surface area (Å²) in [5.41, 5.74) is 1.05. The molecular weight excluding hydrogens is 270 g/mol. The summed E-state index contributed by atoms with van der Waals surface area (Å²) in [5, 5.41) is 6.37. The number of nitrogens with one attached hydrogen (secondary N) is 1. The minimum absolute atomic E-state index is 0.532. The summed E-state index contributed by atoms with van der Waals surface area (Å²) in [4.78, 5) is 4.35. The topological polar surface area (TPSA) is 62.3 Å². The van der Waals surface area contributed by atoms with E-state index in [-0.39, 0.29) is 0 Å². The molecule has 18 heavy (non-hydrogen) atoms. The molecule has 0 amide bonds. The molecule has 0 saturated carbocycles. The quantitative estimate of drug-likeness (QED) is 0.731. The number of nitrogens with zero attached hydrogens (tertiary/aromatic N) is 2. The molecular formula is C11H21N3O2S2. The fourth-order valence-electron chi connectivity index (χ4n) is 1.62. The number of aromatic nitrogens is 1. The van der Waals surface area contributed by atoms with Crippen molar-refractivity contribution in [2.75, 3.05) is 25.9 Å². The zero-order valence-electron chi connectivity index (χ0n) is 11.1. The number of aryl methyl sites for hydroxylation is 1. The molecule has 0 unspecified atom stereocenters. The summed E-state index contributed by atoms with van der Waals surface area (Å²) in [6.45, 7) is 6.48. The van der Waals surface area contributed by atoms with Gasteiger partial charge in [-0.2, -0.15) is 0 Å². The molecule has 5 nitrogen and oxygen atoms in total. The first kappa shape index (κ1) is 15.6. The van der Waals surface area contributed by atoms with E-state index in [0.29, 0.717) is 13.1 Å². The van der Waals surface area contributed by atoms with Crippen LogP contribution in [-0.2, 0) is 16.6 Å². The number of rotatable bonds is 8. The third-order valence-electron chi connectivity index (χ3n) is 2.53.